The van der Waals surface area contributed by atoms with Gasteiger partial charge in [-0.15, -0.1) is 0 Å². The quantitative estimate of drug-likeness (QED) is 0.805. The van der Waals surface area contributed by atoms with E-state index in [2.05, 4.69) is 15.7 Å². The van der Waals surface area contributed by atoms with E-state index in [-0.39, 0.29) is 12.1 Å². The van der Waals surface area contributed by atoms with Crippen LogP contribution < -0.4 is 10.6 Å². The molecule has 0 aliphatic heterocycles. The van der Waals surface area contributed by atoms with Gasteiger partial charge in [-0.1, -0.05) is 43.2 Å². The largest absolute Gasteiger partial charge is 0.391 e. The summed E-state index contributed by atoms with van der Waals surface area (Å²) in [6, 6.07) is 9.52. The summed E-state index contributed by atoms with van der Waals surface area (Å²) in [4.78, 5) is 12.1. The minimum absolute atomic E-state index is 0.152. The number of hydrogen-bond acceptors (Lipinski definition) is 3. The standard InChI is InChI=1S/C18H24N4O2/c1-22-12-14(17(21-22)13-7-3-2-4-8-13)11-19-18(24)20-15-9-5-6-10-16(15)23/h2-4,7-8,12,15-16,23H,5-6,9-11H2,1H3,(H2,19,20,24)/t15-,16-/m0/s1. The van der Waals surface area contributed by atoms with E-state index in [4.69, 9.17) is 0 Å². The SMILES string of the molecule is Cn1cc(CNC(=O)N[C@H]2CCCC[C@@H]2O)c(-c2ccccc2)n1. The molecule has 1 aromatic heterocycles. The first-order chi connectivity index (χ1) is 11.6. The highest BCUT2D eigenvalue weighted by atomic mass is 16.3. The first kappa shape index (κ1) is 16.5. The Labute approximate surface area is 141 Å². The van der Waals surface area contributed by atoms with Gasteiger partial charge in [-0.05, 0) is 12.8 Å². The number of aryl methyl sites for hydroxylation is 1. The average Bonchev–Trinajstić information content (AvgIpc) is 2.97. The van der Waals surface area contributed by atoms with E-state index < -0.39 is 6.10 Å². The number of aromatic nitrogens is 2. The topological polar surface area (TPSA) is 79.2 Å². The lowest BCUT2D eigenvalue weighted by atomic mass is 9.93. The number of carbonyl (C=O) groups excluding carboxylic acids is 1. The van der Waals surface area contributed by atoms with Crippen LogP contribution in [-0.4, -0.2) is 33.1 Å². The summed E-state index contributed by atoms with van der Waals surface area (Å²) in [5, 5.41) is 20.2. The molecule has 1 fully saturated rings. The van der Waals surface area contributed by atoms with Crippen LogP contribution in [0, 0.1) is 0 Å². The Morgan fingerprint density at radius 3 is 2.79 bits per heavy atom. The lowest BCUT2D eigenvalue weighted by Crippen LogP contribution is -2.48. The van der Waals surface area contributed by atoms with Crippen LogP contribution in [-0.2, 0) is 13.6 Å². The Morgan fingerprint density at radius 1 is 1.29 bits per heavy atom. The van der Waals surface area contributed by atoms with Crippen molar-refractivity contribution < 1.29 is 9.90 Å². The molecule has 0 radical (unpaired) electrons. The summed E-state index contributed by atoms with van der Waals surface area (Å²) in [5.41, 5.74) is 2.86. The molecule has 0 unspecified atom stereocenters. The fourth-order valence-electron chi connectivity index (χ4n) is 3.18. The van der Waals surface area contributed by atoms with Crippen LogP contribution in [0.4, 0.5) is 4.79 Å². The summed E-state index contributed by atoms with van der Waals surface area (Å²) in [6.07, 6.45) is 5.13. The first-order valence-electron chi connectivity index (χ1n) is 8.44. The van der Waals surface area contributed by atoms with E-state index in [1.807, 2.05) is 43.6 Å². The van der Waals surface area contributed by atoms with Crippen molar-refractivity contribution >= 4 is 6.03 Å². The van der Waals surface area contributed by atoms with Crippen LogP contribution in [0.1, 0.15) is 31.2 Å². The third-order valence-corrected chi connectivity index (χ3v) is 4.44. The molecule has 0 spiro atoms. The third-order valence-electron chi connectivity index (χ3n) is 4.44. The molecule has 3 N–H and O–H groups in total. The zero-order chi connectivity index (χ0) is 16.9. The van der Waals surface area contributed by atoms with E-state index in [1.54, 1.807) is 4.68 Å². The maximum Gasteiger partial charge on any atom is 0.315 e. The van der Waals surface area contributed by atoms with Crippen LogP contribution in [0.15, 0.2) is 36.5 Å². The van der Waals surface area contributed by atoms with Crippen molar-refractivity contribution in [1.82, 2.24) is 20.4 Å². The summed E-state index contributed by atoms with van der Waals surface area (Å²) in [7, 11) is 1.87. The summed E-state index contributed by atoms with van der Waals surface area (Å²) >= 11 is 0. The Bertz CT molecular complexity index is 684. The second-order valence-corrected chi connectivity index (χ2v) is 6.33. The van der Waals surface area contributed by atoms with Crippen molar-refractivity contribution in [3.8, 4) is 11.3 Å². The van der Waals surface area contributed by atoms with Gasteiger partial charge >= 0.3 is 6.03 Å². The number of benzene rings is 1. The van der Waals surface area contributed by atoms with Gasteiger partial charge in [0.2, 0.25) is 0 Å². The minimum Gasteiger partial charge on any atom is -0.391 e. The molecule has 1 aromatic carbocycles. The molecular formula is C18H24N4O2. The number of nitrogens with one attached hydrogen (secondary N) is 2. The van der Waals surface area contributed by atoms with E-state index in [0.29, 0.717) is 6.54 Å². The highest BCUT2D eigenvalue weighted by Crippen LogP contribution is 2.21. The second kappa shape index (κ2) is 7.49. The van der Waals surface area contributed by atoms with Gasteiger partial charge in [-0.2, -0.15) is 5.10 Å². The van der Waals surface area contributed by atoms with E-state index >= 15 is 0 Å². The molecule has 2 amide bonds. The zero-order valence-corrected chi connectivity index (χ0v) is 13.9. The molecule has 1 saturated carbocycles. The van der Waals surface area contributed by atoms with Gasteiger partial charge in [0.1, 0.15) is 0 Å². The maximum atomic E-state index is 12.1. The van der Waals surface area contributed by atoms with Gasteiger partial charge in [0.25, 0.3) is 0 Å². The van der Waals surface area contributed by atoms with Crippen LogP contribution in [0.3, 0.4) is 0 Å². The van der Waals surface area contributed by atoms with Gasteiger partial charge in [-0.3, -0.25) is 4.68 Å². The number of urea groups is 1. The van der Waals surface area contributed by atoms with Gasteiger partial charge in [0, 0.05) is 30.9 Å². The predicted octanol–water partition coefficient (Wildman–Crippen LogP) is 2.19. The number of amides is 2. The van der Waals surface area contributed by atoms with Crippen molar-refractivity contribution in [2.24, 2.45) is 7.05 Å². The maximum absolute atomic E-state index is 12.1. The average molecular weight is 328 g/mol. The molecule has 0 saturated heterocycles. The Hall–Kier alpha value is -2.34. The lowest BCUT2D eigenvalue weighted by Gasteiger charge is -2.28. The Morgan fingerprint density at radius 2 is 2.04 bits per heavy atom. The molecule has 128 valence electrons. The van der Waals surface area contributed by atoms with Crippen molar-refractivity contribution in [2.45, 2.75) is 44.4 Å². The van der Waals surface area contributed by atoms with E-state index in [0.717, 1.165) is 42.5 Å². The summed E-state index contributed by atoms with van der Waals surface area (Å²) in [5.74, 6) is 0. The second-order valence-electron chi connectivity index (χ2n) is 6.33. The molecule has 2 aromatic rings. The van der Waals surface area contributed by atoms with Gasteiger partial charge in [0.15, 0.2) is 0 Å². The van der Waals surface area contributed by atoms with E-state index in [9.17, 15) is 9.90 Å². The zero-order valence-electron chi connectivity index (χ0n) is 13.9. The molecule has 1 aliphatic carbocycles. The molecular weight excluding hydrogens is 304 g/mol. The van der Waals surface area contributed by atoms with Crippen molar-refractivity contribution in [1.29, 1.82) is 0 Å². The normalized spacial score (nSPS) is 20.6. The number of nitrogens with zero attached hydrogens (tertiary/aromatic N) is 2. The number of aliphatic hydroxyl groups excluding tert-OH is 1. The highest BCUT2D eigenvalue weighted by molar-refractivity contribution is 5.74. The van der Waals surface area contributed by atoms with E-state index in [1.165, 1.54) is 0 Å². The Balaban J connectivity index is 1.61. The number of aliphatic hydroxyl groups is 1. The van der Waals surface area contributed by atoms with Gasteiger partial charge < -0.3 is 15.7 Å². The molecule has 6 nitrogen and oxygen atoms in total. The van der Waals surface area contributed by atoms with Crippen molar-refractivity contribution in [3.05, 3.63) is 42.1 Å². The summed E-state index contributed by atoms with van der Waals surface area (Å²) in [6.45, 7) is 0.396. The minimum atomic E-state index is -0.442. The third kappa shape index (κ3) is 3.94. The van der Waals surface area contributed by atoms with Crippen molar-refractivity contribution in [3.63, 3.8) is 0 Å². The predicted molar refractivity (Wildman–Crippen MR) is 92.3 cm³/mol. The number of carbonyl (C=O) groups is 1. The molecule has 0 bridgehead atoms. The highest BCUT2D eigenvalue weighted by Gasteiger charge is 2.24. The molecule has 2 atom stereocenters. The van der Waals surface area contributed by atoms with Crippen molar-refractivity contribution in [2.75, 3.05) is 0 Å². The monoisotopic (exact) mass is 328 g/mol. The lowest BCUT2D eigenvalue weighted by molar-refractivity contribution is 0.0943. The smallest absolute Gasteiger partial charge is 0.315 e. The number of hydrogen-bond donors (Lipinski definition) is 3. The Kier molecular flexibility index (Phi) is 5.15. The molecule has 3 rings (SSSR count). The first-order valence-corrected chi connectivity index (χ1v) is 8.44. The molecule has 1 aliphatic rings. The van der Waals surface area contributed by atoms with Gasteiger partial charge in [-0.25, -0.2) is 4.79 Å². The summed E-state index contributed by atoms with van der Waals surface area (Å²) < 4.78 is 1.75. The number of rotatable bonds is 4. The van der Waals surface area contributed by atoms with Crippen LogP contribution in [0.25, 0.3) is 11.3 Å². The van der Waals surface area contributed by atoms with Crippen LogP contribution >= 0.6 is 0 Å². The van der Waals surface area contributed by atoms with Gasteiger partial charge in [0.05, 0.1) is 17.8 Å². The fraction of sp³-hybridized carbons (Fsp3) is 0.444. The van der Waals surface area contributed by atoms with Crippen LogP contribution in [0.5, 0.6) is 0 Å². The molecule has 24 heavy (non-hydrogen) atoms. The molecule has 1 heterocycles. The molecule has 6 heteroatoms. The fourth-order valence-corrected chi connectivity index (χ4v) is 3.18. The van der Waals surface area contributed by atoms with Crippen LogP contribution in [0.2, 0.25) is 0 Å².